The first-order valence-electron chi connectivity index (χ1n) is 9.78. The minimum absolute atomic E-state index is 0.204. The van der Waals surface area contributed by atoms with Crippen LogP contribution in [-0.4, -0.2) is 43.5 Å². The molecule has 31 heavy (non-hydrogen) atoms. The summed E-state index contributed by atoms with van der Waals surface area (Å²) in [7, 11) is 1.82. The first kappa shape index (κ1) is 21.1. The number of aliphatic hydroxyl groups is 1. The van der Waals surface area contributed by atoms with Gasteiger partial charge in [0.05, 0.1) is 17.4 Å². The van der Waals surface area contributed by atoms with Crippen molar-refractivity contribution >= 4 is 5.91 Å². The van der Waals surface area contributed by atoms with Gasteiger partial charge in [-0.3, -0.25) is 9.48 Å². The molecular weight excluding hydrogens is 407 g/mol. The third kappa shape index (κ3) is 3.83. The van der Waals surface area contributed by atoms with E-state index in [9.17, 15) is 23.1 Å². The summed E-state index contributed by atoms with van der Waals surface area (Å²) < 4.78 is 42.9. The molecule has 0 unspecified atom stereocenters. The molecule has 1 atom stereocenters. The summed E-state index contributed by atoms with van der Waals surface area (Å²) in [6, 6.07) is 10.3. The van der Waals surface area contributed by atoms with Crippen molar-refractivity contribution in [3.63, 3.8) is 0 Å². The number of halogens is 3. The Labute approximate surface area is 177 Å². The predicted octanol–water partition coefficient (Wildman–Crippen LogP) is 4.41. The average molecular weight is 429 g/mol. The molecule has 0 saturated heterocycles. The molecule has 1 aromatic heterocycles. The van der Waals surface area contributed by atoms with Crippen LogP contribution >= 0.6 is 0 Å². The monoisotopic (exact) mass is 429 g/mol. The maximum Gasteiger partial charge on any atom is 0.411 e. The number of aryl methyl sites for hydroxylation is 1. The highest BCUT2D eigenvalue weighted by Crippen LogP contribution is 2.40. The van der Waals surface area contributed by atoms with Gasteiger partial charge < -0.3 is 10.0 Å². The zero-order valence-corrected chi connectivity index (χ0v) is 17.3. The van der Waals surface area contributed by atoms with Gasteiger partial charge in [0.2, 0.25) is 0 Å². The number of hydrogen-bond donors (Lipinski definition) is 1. The topological polar surface area (TPSA) is 58.4 Å². The Kier molecular flexibility index (Phi) is 4.93. The van der Waals surface area contributed by atoms with Gasteiger partial charge in [-0.25, -0.2) is 0 Å². The van der Waals surface area contributed by atoms with Crippen LogP contribution in [-0.2, 0) is 13.6 Å². The van der Waals surface area contributed by atoms with Crippen molar-refractivity contribution in [2.24, 2.45) is 7.05 Å². The molecule has 0 spiro atoms. The Morgan fingerprint density at radius 3 is 2.23 bits per heavy atom. The van der Waals surface area contributed by atoms with Crippen LogP contribution in [0, 0.1) is 0 Å². The molecule has 1 aliphatic heterocycles. The SMILES string of the molecule is Cn1cc(-c2ccc(-c3cccc4c3C(=O)N([C@H](C(C)(C)O)C(F)(F)F)C4)cc2)cn1. The first-order valence-corrected chi connectivity index (χ1v) is 9.78. The average Bonchev–Trinajstić information content (AvgIpc) is 3.24. The van der Waals surface area contributed by atoms with Crippen molar-refractivity contribution in [3.05, 3.63) is 66.0 Å². The van der Waals surface area contributed by atoms with Gasteiger partial charge in [0, 0.05) is 25.4 Å². The van der Waals surface area contributed by atoms with Crippen molar-refractivity contribution in [2.75, 3.05) is 0 Å². The van der Waals surface area contributed by atoms with Crippen LogP contribution in [0.1, 0.15) is 29.8 Å². The lowest BCUT2D eigenvalue weighted by Crippen LogP contribution is -2.57. The van der Waals surface area contributed by atoms with E-state index in [0.29, 0.717) is 11.1 Å². The maximum atomic E-state index is 13.7. The van der Waals surface area contributed by atoms with E-state index in [1.807, 2.05) is 37.5 Å². The summed E-state index contributed by atoms with van der Waals surface area (Å²) in [6.45, 7) is 1.93. The third-order valence-electron chi connectivity index (χ3n) is 5.49. The second kappa shape index (κ2) is 7.23. The van der Waals surface area contributed by atoms with Gasteiger partial charge in [-0.2, -0.15) is 18.3 Å². The van der Waals surface area contributed by atoms with Crippen molar-refractivity contribution < 1.29 is 23.1 Å². The van der Waals surface area contributed by atoms with E-state index in [2.05, 4.69) is 5.10 Å². The minimum Gasteiger partial charge on any atom is -0.388 e. The van der Waals surface area contributed by atoms with Crippen LogP contribution in [0.25, 0.3) is 22.3 Å². The molecule has 2 aromatic carbocycles. The summed E-state index contributed by atoms with van der Waals surface area (Å²) >= 11 is 0. The molecule has 8 heteroatoms. The van der Waals surface area contributed by atoms with Gasteiger partial charge >= 0.3 is 6.18 Å². The number of alkyl halides is 3. The summed E-state index contributed by atoms with van der Waals surface area (Å²) in [5, 5.41) is 14.3. The van der Waals surface area contributed by atoms with Gasteiger partial charge in [0.25, 0.3) is 5.91 Å². The smallest absolute Gasteiger partial charge is 0.388 e. The molecule has 4 rings (SSSR count). The van der Waals surface area contributed by atoms with Crippen LogP contribution < -0.4 is 0 Å². The Morgan fingerprint density at radius 2 is 1.68 bits per heavy atom. The Morgan fingerprint density at radius 1 is 1.03 bits per heavy atom. The Balaban J connectivity index is 1.71. The molecule has 1 aliphatic rings. The normalized spacial score (nSPS) is 15.3. The highest BCUT2D eigenvalue weighted by Gasteiger charge is 2.55. The van der Waals surface area contributed by atoms with Gasteiger partial charge in [-0.05, 0) is 36.1 Å². The summed E-state index contributed by atoms with van der Waals surface area (Å²) in [4.78, 5) is 13.8. The predicted molar refractivity (Wildman–Crippen MR) is 110 cm³/mol. The fourth-order valence-electron chi connectivity index (χ4n) is 4.20. The molecule has 1 N–H and O–H groups in total. The molecule has 0 radical (unpaired) electrons. The largest absolute Gasteiger partial charge is 0.411 e. The van der Waals surface area contributed by atoms with E-state index in [4.69, 9.17) is 0 Å². The van der Waals surface area contributed by atoms with Crippen LogP contribution in [0.15, 0.2) is 54.9 Å². The van der Waals surface area contributed by atoms with Gasteiger partial charge in [0.15, 0.2) is 6.04 Å². The number of rotatable bonds is 4. The molecule has 5 nitrogen and oxygen atoms in total. The van der Waals surface area contributed by atoms with E-state index in [-0.39, 0.29) is 12.1 Å². The number of carbonyl (C=O) groups excluding carboxylic acids is 1. The second-order valence-corrected chi connectivity index (χ2v) is 8.35. The Hall–Kier alpha value is -3.13. The zero-order chi connectivity index (χ0) is 22.6. The highest BCUT2D eigenvalue weighted by atomic mass is 19.4. The standard InChI is InChI=1S/C23H22F3N3O2/c1-22(2,31)21(23(24,25)26)29-13-16-5-4-6-18(19(16)20(29)30)15-9-7-14(8-10-15)17-11-27-28(3)12-17/h4-12,21,31H,13H2,1-3H3/t21-/m1/s1. The number of fused-ring (bicyclic) bond motifs is 1. The van der Waals surface area contributed by atoms with Crippen LogP contribution in [0.3, 0.4) is 0 Å². The van der Waals surface area contributed by atoms with Crippen molar-refractivity contribution in [1.29, 1.82) is 0 Å². The van der Waals surface area contributed by atoms with E-state index in [1.54, 1.807) is 29.1 Å². The van der Waals surface area contributed by atoms with E-state index >= 15 is 0 Å². The van der Waals surface area contributed by atoms with Crippen molar-refractivity contribution in [2.45, 2.75) is 38.2 Å². The van der Waals surface area contributed by atoms with E-state index in [0.717, 1.165) is 35.4 Å². The molecule has 0 saturated carbocycles. The molecule has 3 aromatic rings. The van der Waals surface area contributed by atoms with Gasteiger partial charge in [-0.15, -0.1) is 0 Å². The lowest BCUT2D eigenvalue weighted by molar-refractivity contribution is -0.219. The number of nitrogens with zero attached hydrogens (tertiary/aromatic N) is 3. The number of carbonyl (C=O) groups is 1. The molecule has 1 amide bonds. The van der Waals surface area contributed by atoms with Crippen molar-refractivity contribution in [1.82, 2.24) is 14.7 Å². The lowest BCUT2D eigenvalue weighted by atomic mass is 9.95. The molecule has 162 valence electrons. The Bertz CT molecular complexity index is 1110. The molecule has 0 aliphatic carbocycles. The highest BCUT2D eigenvalue weighted by molar-refractivity contribution is 6.05. The summed E-state index contributed by atoms with van der Waals surface area (Å²) in [5.41, 5.74) is 1.80. The molecule has 2 heterocycles. The fourth-order valence-corrected chi connectivity index (χ4v) is 4.20. The number of hydrogen-bond acceptors (Lipinski definition) is 3. The summed E-state index contributed by atoms with van der Waals surface area (Å²) in [5.74, 6) is -0.730. The number of benzene rings is 2. The molecule has 0 fully saturated rings. The van der Waals surface area contributed by atoms with E-state index in [1.165, 1.54) is 0 Å². The molecular formula is C23H22F3N3O2. The second-order valence-electron chi connectivity index (χ2n) is 8.35. The van der Waals surface area contributed by atoms with Crippen molar-refractivity contribution in [3.8, 4) is 22.3 Å². The van der Waals surface area contributed by atoms with Gasteiger partial charge in [-0.1, -0.05) is 42.5 Å². The quantitative estimate of drug-likeness (QED) is 0.668. The third-order valence-corrected chi connectivity index (χ3v) is 5.49. The summed E-state index contributed by atoms with van der Waals surface area (Å²) in [6.07, 6.45) is -1.14. The van der Waals surface area contributed by atoms with E-state index < -0.39 is 23.7 Å². The number of amides is 1. The minimum atomic E-state index is -4.76. The van der Waals surface area contributed by atoms with Crippen LogP contribution in [0.5, 0.6) is 0 Å². The van der Waals surface area contributed by atoms with Crippen LogP contribution in [0.2, 0.25) is 0 Å². The first-order chi connectivity index (χ1) is 14.5. The number of aromatic nitrogens is 2. The zero-order valence-electron chi connectivity index (χ0n) is 17.3. The molecule has 0 bridgehead atoms. The fraction of sp³-hybridized carbons (Fsp3) is 0.304. The lowest BCUT2D eigenvalue weighted by Gasteiger charge is -2.37. The van der Waals surface area contributed by atoms with Gasteiger partial charge in [0.1, 0.15) is 0 Å². The maximum absolute atomic E-state index is 13.7. The van der Waals surface area contributed by atoms with Crippen LogP contribution in [0.4, 0.5) is 13.2 Å².